The second-order valence-corrected chi connectivity index (χ2v) is 12.1. The number of amides is 2. The molecule has 0 saturated heterocycles. The summed E-state index contributed by atoms with van der Waals surface area (Å²) in [7, 11) is -1.24. The second kappa shape index (κ2) is 14.0. The van der Waals surface area contributed by atoms with Gasteiger partial charge >= 0.3 is 0 Å². The van der Waals surface area contributed by atoms with Crippen LogP contribution in [0.4, 0.5) is 5.69 Å². The molecule has 8 nitrogen and oxygen atoms in total. The third-order valence-corrected chi connectivity index (χ3v) is 9.14. The van der Waals surface area contributed by atoms with Gasteiger partial charge in [-0.2, -0.15) is 0 Å². The number of nitrogens with one attached hydrogen (secondary N) is 1. The van der Waals surface area contributed by atoms with E-state index in [0.29, 0.717) is 5.75 Å². The molecule has 0 bridgehead atoms. The third kappa shape index (κ3) is 7.42. The molecule has 4 aromatic rings. The van der Waals surface area contributed by atoms with Crippen molar-refractivity contribution in [2.24, 2.45) is 0 Å². The van der Waals surface area contributed by atoms with Gasteiger partial charge in [0.25, 0.3) is 10.0 Å². The van der Waals surface area contributed by atoms with Gasteiger partial charge in [-0.15, -0.1) is 0 Å². The largest absolute Gasteiger partial charge is 0.495 e. The lowest BCUT2D eigenvalue weighted by Crippen LogP contribution is -2.53. The molecule has 0 unspecified atom stereocenters. The van der Waals surface area contributed by atoms with Gasteiger partial charge in [0.2, 0.25) is 11.8 Å². The van der Waals surface area contributed by atoms with Gasteiger partial charge < -0.3 is 15.0 Å². The maximum atomic E-state index is 14.4. The van der Waals surface area contributed by atoms with Gasteiger partial charge in [0, 0.05) is 20.0 Å². The first-order chi connectivity index (χ1) is 20.6. The number of anilines is 1. The van der Waals surface area contributed by atoms with E-state index >= 15 is 0 Å². The summed E-state index contributed by atoms with van der Waals surface area (Å²) in [5.74, 6) is -0.589. The van der Waals surface area contributed by atoms with Crippen LogP contribution in [0.25, 0.3) is 0 Å². The molecule has 0 saturated carbocycles. The van der Waals surface area contributed by atoms with Crippen LogP contribution < -0.4 is 14.4 Å². The van der Waals surface area contributed by atoms with Gasteiger partial charge in [-0.25, -0.2) is 8.42 Å². The number of sulfonamides is 1. The fraction of sp³-hybridized carbons (Fsp3) is 0.235. The van der Waals surface area contributed by atoms with E-state index in [-0.39, 0.29) is 29.5 Å². The molecule has 43 heavy (non-hydrogen) atoms. The van der Waals surface area contributed by atoms with Crippen LogP contribution in [0.1, 0.15) is 22.3 Å². The molecule has 224 valence electrons. The predicted octanol–water partition coefficient (Wildman–Crippen LogP) is 4.89. The monoisotopic (exact) mass is 599 g/mol. The second-order valence-electron chi connectivity index (χ2n) is 10.3. The van der Waals surface area contributed by atoms with E-state index in [1.54, 1.807) is 36.4 Å². The normalized spacial score (nSPS) is 11.8. The van der Waals surface area contributed by atoms with E-state index in [1.807, 2.05) is 68.4 Å². The Morgan fingerprint density at radius 3 is 2.12 bits per heavy atom. The average molecular weight is 600 g/mol. The lowest BCUT2D eigenvalue weighted by Gasteiger charge is -2.34. The molecule has 0 aliphatic rings. The Balaban J connectivity index is 1.82. The summed E-state index contributed by atoms with van der Waals surface area (Å²) >= 11 is 0. The molecule has 1 N–H and O–H groups in total. The summed E-state index contributed by atoms with van der Waals surface area (Å²) in [6.45, 7) is 3.37. The number of carbonyl (C=O) groups is 2. The van der Waals surface area contributed by atoms with Crippen LogP contribution >= 0.6 is 0 Å². The standard InChI is InChI=1S/C34H37N3O5S/c1-25-18-20-29(21-19-25)43(40,41)37(30-16-10-11-17-32(30)42-4)24-33(38)36(23-28-15-9-8-12-26(28)2)31(34(39)35-3)22-27-13-6-5-7-14-27/h5-21,31H,22-24H2,1-4H3,(H,35,39)/t31-/m1/s1. The molecule has 0 fully saturated rings. The minimum absolute atomic E-state index is 0.0365. The van der Waals surface area contributed by atoms with Crippen molar-refractivity contribution in [1.82, 2.24) is 10.2 Å². The molecule has 0 aromatic heterocycles. The Morgan fingerprint density at radius 2 is 1.47 bits per heavy atom. The molecule has 2 amide bonds. The molecule has 0 aliphatic carbocycles. The first-order valence-corrected chi connectivity index (χ1v) is 15.4. The number of likely N-dealkylation sites (N-methyl/N-ethyl adjacent to an activating group) is 1. The van der Waals surface area contributed by atoms with Crippen LogP contribution in [-0.2, 0) is 32.6 Å². The highest BCUT2D eigenvalue weighted by Gasteiger charge is 2.35. The molecule has 1 atom stereocenters. The van der Waals surface area contributed by atoms with E-state index in [0.717, 1.165) is 26.6 Å². The predicted molar refractivity (Wildman–Crippen MR) is 168 cm³/mol. The molecule has 4 rings (SSSR count). The SMILES string of the molecule is CNC(=O)[C@@H](Cc1ccccc1)N(Cc1ccccc1C)C(=O)CN(c1ccccc1OC)S(=O)(=O)c1ccc(C)cc1. The Kier molecular flexibility index (Phi) is 10.2. The number of carbonyl (C=O) groups excluding carboxylic acids is 2. The molecule has 0 aliphatic heterocycles. The fourth-order valence-corrected chi connectivity index (χ4v) is 6.30. The minimum Gasteiger partial charge on any atom is -0.495 e. The van der Waals surface area contributed by atoms with Crippen molar-refractivity contribution in [3.8, 4) is 5.75 Å². The number of hydrogen-bond donors (Lipinski definition) is 1. The number of hydrogen-bond acceptors (Lipinski definition) is 5. The van der Waals surface area contributed by atoms with Crippen molar-refractivity contribution in [2.45, 2.75) is 37.8 Å². The molecule has 4 aromatic carbocycles. The highest BCUT2D eigenvalue weighted by Crippen LogP contribution is 2.33. The van der Waals surface area contributed by atoms with Crippen molar-refractivity contribution in [3.05, 3.63) is 125 Å². The zero-order chi connectivity index (χ0) is 31.0. The Hall–Kier alpha value is -4.63. The van der Waals surface area contributed by atoms with Crippen LogP contribution in [0.3, 0.4) is 0 Å². The molecule has 0 radical (unpaired) electrons. The Labute approximate surface area is 254 Å². The minimum atomic E-state index is -4.22. The van der Waals surface area contributed by atoms with Gasteiger partial charge in [0.05, 0.1) is 17.7 Å². The first-order valence-electron chi connectivity index (χ1n) is 14.0. The van der Waals surface area contributed by atoms with Gasteiger partial charge in [0.1, 0.15) is 18.3 Å². The van der Waals surface area contributed by atoms with E-state index in [4.69, 9.17) is 4.74 Å². The average Bonchev–Trinajstić information content (AvgIpc) is 3.02. The highest BCUT2D eigenvalue weighted by atomic mass is 32.2. The lowest BCUT2D eigenvalue weighted by atomic mass is 10.0. The van der Waals surface area contributed by atoms with Gasteiger partial charge in [-0.3, -0.25) is 13.9 Å². The van der Waals surface area contributed by atoms with E-state index in [1.165, 1.54) is 31.2 Å². The zero-order valence-electron chi connectivity index (χ0n) is 24.9. The summed E-state index contributed by atoms with van der Waals surface area (Å²) in [5, 5.41) is 2.70. The summed E-state index contributed by atoms with van der Waals surface area (Å²) < 4.78 is 34.9. The van der Waals surface area contributed by atoms with Crippen molar-refractivity contribution in [3.63, 3.8) is 0 Å². The maximum absolute atomic E-state index is 14.4. The van der Waals surface area contributed by atoms with Crippen LogP contribution in [0.5, 0.6) is 5.75 Å². The maximum Gasteiger partial charge on any atom is 0.264 e. The zero-order valence-corrected chi connectivity index (χ0v) is 25.7. The van der Waals surface area contributed by atoms with Crippen LogP contribution in [0.2, 0.25) is 0 Å². The quantitative estimate of drug-likeness (QED) is 0.250. The molecule has 9 heteroatoms. The van der Waals surface area contributed by atoms with E-state index in [2.05, 4.69) is 5.32 Å². The van der Waals surface area contributed by atoms with Crippen molar-refractivity contribution < 1.29 is 22.7 Å². The van der Waals surface area contributed by atoms with Gasteiger partial charge in [-0.05, 0) is 54.8 Å². The number of rotatable bonds is 12. The summed E-state index contributed by atoms with van der Waals surface area (Å²) in [6.07, 6.45) is 0.248. The first kappa shape index (κ1) is 31.3. The number of ether oxygens (including phenoxy) is 1. The summed E-state index contributed by atoms with van der Waals surface area (Å²) in [5.41, 5.74) is 3.78. The summed E-state index contributed by atoms with van der Waals surface area (Å²) in [6, 6.07) is 29.3. The van der Waals surface area contributed by atoms with Crippen LogP contribution in [-0.4, -0.2) is 51.9 Å². The number of benzene rings is 4. The lowest BCUT2D eigenvalue weighted by molar-refractivity contribution is -0.139. The topological polar surface area (TPSA) is 96.0 Å². The highest BCUT2D eigenvalue weighted by molar-refractivity contribution is 7.92. The number of methoxy groups -OCH3 is 1. The molecule has 0 spiro atoms. The smallest absolute Gasteiger partial charge is 0.264 e. The fourth-order valence-electron chi connectivity index (χ4n) is 4.88. The Bertz CT molecular complexity index is 1660. The third-order valence-electron chi connectivity index (χ3n) is 7.36. The van der Waals surface area contributed by atoms with Crippen molar-refractivity contribution in [2.75, 3.05) is 25.0 Å². The Morgan fingerprint density at radius 1 is 0.837 bits per heavy atom. The van der Waals surface area contributed by atoms with E-state index < -0.39 is 28.5 Å². The van der Waals surface area contributed by atoms with Crippen molar-refractivity contribution >= 4 is 27.5 Å². The summed E-state index contributed by atoms with van der Waals surface area (Å²) in [4.78, 5) is 29.3. The molecule has 0 heterocycles. The van der Waals surface area contributed by atoms with Gasteiger partial charge in [-0.1, -0.05) is 84.4 Å². The number of aryl methyl sites for hydroxylation is 2. The number of nitrogens with zero attached hydrogens (tertiary/aromatic N) is 2. The van der Waals surface area contributed by atoms with Crippen molar-refractivity contribution in [1.29, 1.82) is 0 Å². The van der Waals surface area contributed by atoms with E-state index in [9.17, 15) is 18.0 Å². The molecular weight excluding hydrogens is 562 g/mol. The van der Waals surface area contributed by atoms with Crippen LogP contribution in [0, 0.1) is 13.8 Å². The van der Waals surface area contributed by atoms with Crippen LogP contribution in [0.15, 0.2) is 108 Å². The molecular formula is C34H37N3O5S. The van der Waals surface area contributed by atoms with Gasteiger partial charge in [0.15, 0.2) is 0 Å². The number of para-hydroxylation sites is 2.